The average molecular weight is 558 g/mol. The van der Waals surface area contributed by atoms with Gasteiger partial charge in [-0.05, 0) is 6.42 Å². The Hall–Kier alpha value is -1.51. The number of hydrogen-bond acceptors (Lipinski definition) is 5. The Labute approximate surface area is 202 Å². The van der Waals surface area contributed by atoms with E-state index in [4.69, 9.17) is 0 Å². The molecule has 0 unspecified atom stereocenters. The van der Waals surface area contributed by atoms with Crippen molar-refractivity contribution in [1.29, 1.82) is 0 Å². The summed E-state index contributed by atoms with van der Waals surface area (Å²) in [6.45, 7) is 2.16. The average Bonchev–Trinajstić information content (AvgIpc) is 3.07. The van der Waals surface area contributed by atoms with Crippen LogP contribution in [0.4, 0.5) is 26.3 Å². The maximum absolute atomic E-state index is 13.0. The molecule has 1 aliphatic heterocycles. The lowest BCUT2D eigenvalue weighted by Gasteiger charge is -2.11. The van der Waals surface area contributed by atoms with Gasteiger partial charge in [0.25, 0.3) is 6.21 Å². The maximum Gasteiger partial charge on any atom is 0.546 e. The summed E-state index contributed by atoms with van der Waals surface area (Å²) in [4.78, 5) is 3.67. The highest BCUT2D eigenvalue weighted by molar-refractivity contribution is 7.98. The van der Waals surface area contributed by atoms with Gasteiger partial charge in [0.2, 0.25) is 0 Å². The third kappa shape index (κ3) is 8.53. The van der Waals surface area contributed by atoms with Crippen LogP contribution in [-0.4, -0.2) is 60.7 Å². The van der Waals surface area contributed by atoms with Crippen molar-refractivity contribution in [3.8, 4) is 0 Å². The highest BCUT2D eigenvalue weighted by atomic mass is 32.3. The standard InChI is InChI=1S/C20H33F6N3O4S2/c1-3-4-5-6-7-8-9-10-11-12-13-14-15-17-27-16-18(28(17)2)29(34(30,31)19(21,22)23)35(32,33)20(24,25)26/h16H,3-15H2,1-2H3/q+2. The number of unbranched alkanes of at least 4 members (excludes halogenated alkanes) is 11. The molecule has 0 N–H and O–H groups in total. The molecule has 0 atom stereocenters. The van der Waals surface area contributed by atoms with Gasteiger partial charge in [-0.25, -0.2) is 0 Å². The van der Waals surface area contributed by atoms with Crippen molar-refractivity contribution < 1.29 is 51.1 Å². The van der Waals surface area contributed by atoms with Crippen molar-refractivity contribution in [3.05, 3.63) is 0 Å². The van der Waals surface area contributed by atoms with E-state index in [1.54, 1.807) is 0 Å². The van der Waals surface area contributed by atoms with Crippen molar-refractivity contribution in [3.63, 3.8) is 0 Å². The van der Waals surface area contributed by atoms with Crippen LogP contribution in [0.5, 0.6) is 0 Å². The van der Waals surface area contributed by atoms with Gasteiger partial charge in [0.15, 0.2) is 0 Å². The Balaban J connectivity index is 2.80. The van der Waals surface area contributed by atoms with Crippen LogP contribution in [0.2, 0.25) is 0 Å². The normalized spacial score (nSPS) is 15.4. The lowest BCUT2D eigenvalue weighted by atomic mass is 10.0. The molecule has 15 heteroatoms. The minimum Gasteiger partial charge on any atom is -0.166 e. The quantitative estimate of drug-likeness (QED) is 0.155. The van der Waals surface area contributed by atoms with Crippen molar-refractivity contribution in [2.24, 2.45) is 4.99 Å². The van der Waals surface area contributed by atoms with E-state index in [9.17, 15) is 43.2 Å². The fourth-order valence-corrected chi connectivity index (χ4v) is 6.28. The second kappa shape index (κ2) is 13.2. The molecule has 1 heterocycles. The Kier molecular flexibility index (Phi) is 11.8. The fourth-order valence-electron chi connectivity index (χ4n) is 3.53. The minimum atomic E-state index is -6.92. The molecule has 1 rings (SSSR count). The summed E-state index contributed by atoms with van der Waals surface area (Å²) in [5.41, 5.74) is -12.6. The van der Waals surface area contributed by atoms with Crippen molar-refractivity contribution in [2.75, 3.05) is 7.05 Å². The molecule has 0 radical (unpaired) electrons. The molecule has 0 fully saturated rings. The molecule has 0 spiro atoms. The summed E-state index contributed by atoms with van der Waals surface area (Å²) in [7, 11) is -12.9. The van der Waals surface area contributed by atoms with Gasteiger partial charge in [0, 0.05) is 8.38 Å². The van der Waals surface area contributed by atoms with Gasteiger partial charge in [0.1, 0.15) is 7.05 Å². The molecule has 0 amide bonds. The Bertz CT molecular complexity index is 968. The molecule has 204 valence electrons. The first-order chi connectivity index (χ1) is 16.1. The van der Waals surface area contributed by atoms with Gasteiger partial charge in [-0.3, -0.25) is 0 Å². The van der Waals surface area contributed by atoms with Gasteiger partial charge in [-0.2, -0.15) is 47.8 Å². The number of rotatable bonds is 15. The van der Waals surface area contributed by atoms with Crippen LogP contribution < -0.4 is 0 Å². The molecule has 0 saturated carbocycles. The lowest BCUT2D eigenvalue weighted by Crippen LogP contribution is -2.48. The largest absolute Gasteiger partial charge is 0.546 e. The highest BCUT2D eigenvalue weighted by Gasteiger charge is 2.67. The van der Waals surface area contributed by atoms with Gasteiger partial charge in [-0.15, -0.1) is 0 Å². The molecule has 35 heavy (non-hydrogen) atoms. The van der Waals surface area contributed by atoms with E-state index in [0.29, 0.717) is 17.2 Å². The molecule has 0 bridgehead atoms. The van der Waals surface area contributed by atoms with E-state index in [2.05, 4.69) is 11.9 Å². The number of sulfonamides is 2. The van der Waals surface area contributed by atoms with Gasteiger partial charge in [0.05, 0.1) is 6.42 Å². The zero-order chi connectivity index (χ0) is 26.9. The lowest BCUT2D eigenvalue weighted by molar-refractivity contribution is -0.419. The zero-order valence-corrected chi connectivity index (χ0v) is 21.5. The zero-order valence-electron chi connectivity index (χ0n) is 19.8. The molecule has 0 aromatic heterocycles. The van der Waals surface area contributed by atoms with Crippen LogP contribution in [0.25, 0.3) is 0 Å². The van der Waals surface area contributed by atoms with E-state index in [0.717, 1.165) is 39.2 Å². The van der Waals surface area contributed by atoms with Crippen molar-refractivity contribution in [1.82, 2.24) is 0 Å². The number of alkyl halides is 6. The Morgan fingerprint density at radius 1 is 0.743 bits per heavy atom. The molecule has 1 aliphatic rings. The summed E-state index contributed by atoms with van der Waals surface area (Å²) in [6, 6.07) is 0. The number of nitrogens with zero attached hydrogens (tertiary/aromatic N) is 3. The summed E-state index contributed by atoms with van der Waals surface area (Å²) in [5, 5.41) is 0. The number of amidine groups is 2. The predicted molar refractivity (Wildman–Crippen MR) is 121 cm³/mol. The predicted octanol–water partition coefficient (Wildman–Crippen LogP) is 5.31. The van der Waals surface area contributed by atoms with Crippen LogP contribution in [0.3, 0.4) is 0 Å². The first kappa shape index (κ1) is 31.5. The molecular weight excluding hydrogens is 524 g/mol. The van der Waals surface area contributed by atoms with Crippen molar-refractivity contribution in [2.45, 2.75) is 101 Å². The van der Waals surface area contributed by atoms with Gasteiger partial charge >= 0.3 is 42.7 Å². The van der Waals surface area contributed by atoms with Crippen LogP contribution in [0.15, 0.2) is 4.99 Å². The smallest absolute Gasteiger partial charge is 0.166 e. The SMILES string of the molecule is CCCCCCCCCCCCCCC1=[N+](C)C(=[N+](S(=O)(=O)C(F)(F)F)S(=O)(=O)C(F)(F)F)C=N1. The minimum absolute atomic E-state index is 0.0353. The Morgan fingerprint density at radius 3 is 1.49 bits per heavy atom. The second-order valence-corrected chi connectivity index (χ2v) is 12.1. The van der Waals surface area contributed by atoms with E-state index in [-0.39, 0.29) is 12.3 Å². The van der Waals surface area contributed by atoms with Crippen molar-refractivity contribution >= 4 is 37.9 Å². The number of aliphatic imine (C=N–C) groups is 1. The molecular formula is C20H33F6N3O4S2+2. The maximum atomic E-state index is 13.0. The molecule has 0 aromatic carbocycles. The highest BCUT2D eigenvalue weighted by Crippen LogP contribution is 2.32. The first-order valence-corrected chi connectivity index (χ1v) is 14.4. The van der Waals surface area contributed by atoms with Crippen LogP contribution in [0, 0.1) is 0 Å². The third-order valence-electron chi connectivity index (χ3n) is 5.52. The topological polar surface area (TPSA) is 86.7 Å². The van der Waals surface area contributed by atoms with E-state index in [1.165, 1.54) is 38.5 Å². The number of hydrogen-bond donors (Lipinski definition) is 0. The van der Waals surface area contributed by atoms with Crippen LogP contribution in [0.1, 0.15) is 90.4 Å². The summed E-state index contributed by atoms with van der Waals surface area (Å²) < 4.78 is 124. The third-order valence-corrected chi connectivity index (χ3v) is 9.12. The molecule has 0 aliphatic carbocycles. The summed E-state index contributed by atoms with van der Waals surface area (Å²) >= 11 is 0. The molecule has 0 saturated heterocycles. The van der Waals surface area contributed by atoms with Gasteiger partial charge in [-0.1, -0.05) is 77.6 Å². The van der Waals surface area contributed by atoms with E-state index < -0.39 is 40.3 Å². The number of halogens is 6. The first-order valence-electron chi connectivity index (χ1n) is 11.5. The fraction of sp³-hybridized carbons (Fsp3) is 0.850. The van der Waals surface area contributed by atoms with Gasteiger partial charge < -0.3 is 0 Å². The summed E-state index contributed by atoms with van der Waals surface area (Å²) in [5.74, 6) is -1.40. The Morgan fingerprint density at radius 2 is 1.11 bits per heavy atom. The molecule has 0 aromatic rings. The van der Waals surface area contributed by atoms with Crippen LogP contribution >= 0.6 is 0 Å². The second-order valence-electron chi connectivity index (χ2n) is 8.33. The van der Waals surface area contributed by atoms with E-state index in [1.807, 2.05) is 0 Å². The van der Waals surface area contributed by atoms with E-state index >= 15 is 0 Å². The molecule has 7 nitrogen and oxygen atoms in total. The van der Waals surface area contributed by atoms with Crippen LogP contribution in [-0.2, 0) is 20.0 Å². The monoisotopic (exact) mass is 557 g/mol. The summed E-state index contributed by atoms with van der Waals surface area (Å²) in [6.07, 6.45) is 13.1.